The van der Waals surface area contributed by atoms with Gasteiger partial charge in [0.15, 0.2) is 0 Å². The first-order chi connectivity index (χ1) is 7.84. The highest BCUT2D eigenvalue weighted by Crippen LogP contribution is 2.27. The fourth-order valence-electron chi connectivity index (χ4n) is 2.04. The van der Waals surface area contributed by atoms with Crippen LogP contribution in [-0.4, -0.2) is 12.6 Å². The van der Waals surface area contributed by atoms with Gasteiger partial charge in [0.05, 0.1) is 0 Å². The Morgan fingerprint density at radius 1 is 1.00 bits per heavy atom. The van der Waals surface area contributed by atoms with Gasteiger partial charge in [0.2, 0.25) is 0 Å². The summed E-state index contributed by atoms with van der Waals surface area (Å²) in [5.41, 5.74) is 2.05. The zero-order chi connectivity index (χ0) is 11.0. The highest BCUT2D eigenvalue weighted by molar-refractivity contribution is 6.02. The summed E-state index contributed by atoms with van der Waals surface area (Å²) in [6.07, 6.45) is 1.57. The first kappa shape index (κ1) is 9.16. The van der Waals surface area contributed by atoms with Crippen molar-refractivity contribution in [2.45, 2.75) is 0 Å². The average Bonchev–Trinajstić information content (AvgIpc) is 2.75. The van der Waals surface area contributed by atoms with Crippen LogP contribution in [0.25, 0.3) is 16.3 Å². The number of esters is 1. The fourth-order valence-corrected chi connectivity index (χ4v) is 2.04. The monoisotopic (exact) mass is 210 g/mol. The van der Waals surface area contributed by atoms with E-state index in [0.29, 0.717) is 6.61 Å². The second-order valence-electron chi connectivity index (χ2n) is 3.80. The Bertz CT molecular complexity index is 591. The van der Waals surface area contributed by atoms with Gasteiger partial charge in [0.25, 0.3) is 0 Å². The predicted molar refractivity (Wildman–Crippen MR) is 62.9 cm³/mol. The van der Waals surface area contributed by atoms with Crippen LogP contribution >= 0.6 is 0 Å². The van der Waals surface area contributed by atoms with Crippen molar-refractivity contribution in [1.82, 2.24) is 0 Å². The highest BCUT2D eigenvalue weighted by atomic mass is 16.5. The van der Waals surface area contributed by atoms with E-state index in [2.05, 4.69) is 18.2 Å². The molecule has 0 aliphatic carbocycles. The zero-order valence-corrected chi connectivity index (χ0v) is 8.64. The van der Waals surface area contributed by atoms with Crippen LogP contribution in [0.5, 0.6) is 0 Å². The fraction of sp³-hybridized carbons (Fsp3) is 0.0714. The summed E-state index contributed by atoms with van der Waals surface area (Å²) in [5.74, 6) is -0.247. The SMILES string of the molecule is O=C1C=C(c2cccc3ccccc23)CO1. The van der Waals surface area contributed by atoms with E-state index in [1.807, 2.05) is 24.3 Å². The third kappa shape index (κ3) is 1.39. The van der Waals surface area contributed by atoms with Crippen molar-refractivity contribution in [2.24, 2.45) is 0 Å². The first-order valence-electron chi connectivity index (χ1n) is 5.20. The molecule has 0 fully saturated rings. The molecule has 2 heteroatoms. The van der Waals surface area contributed by atoms with Crippen molar-refractivity contribution >= 4 is 22.3 Å². The molecule has 0 amide bonds. The highest BCUT2D eigenvalue weighted by Gasteiger charge is 2.15. The maximum absolute atomic E-state index is 11.1. The van der Waals surface area contributed by atoms with Crippen molar-refractivity contribution < 1.29 is 9.53 Å². The van der Waals surface area contributed by atoms with Crippen LogP contribution in [0.4, 0.5) is 0 Å². The Kier molecular flexibility index (Phi) is 2.00. The van der Waals surface area contributed by atoms with Gasteiger partial charge in [-0.1, -0.05) is 42.5 Å². The maximum atomic E-state index is 11.1. The van der Waals surface area contributed by atoms with Crippen molar-refractivity contribution in [1.29, 1.82) is 0 Å². The number of rotatable bonds is 1. The van der Waals surface area contributed by atoms with Crippen molar-refractivity contribution in [3.63, 3.8) is 0 Å². The van der Waals surface area contributed by atoms with Crippen molar-refractivity contribution in [3.8, 4) is 0 Å². The summed E-state index contributed by atoms with van der Waals surface area (Å²) in [6.45, 7) is 0.382. The molecule has 1 aliphatic heterocycles. The van der Waals surface area contributed by atoms with E-state index in [1.54, 1.807) is 6.08 Å². The molecule has 2 aromatic rings. The van der Waals surface area contributed by atoms with E-state index >= 15 is 0 Å². The number of cyclic esters (lactones) is 1. The third-order valence-corrected chi connectivity index (χ3v) is 2.80. The van der Waals surface area contributed by atoms with Crippen LogP contribution in [0.1, 0.15) is 5.56 Å². The summed E-state index contributed by atoms with van der Waals surface area (Å²) >= 11 is 0. The largest absolute Gasteiger partial charge is 0.458 e. The third-order valence-electron chi connectivity index (χ3n) is 2.80. The molecule has 16 heavy (non-hydrogen) atoms. The number of benzene rings is 2. The molecular weight excluding hydrogens is 200 g/mol. The summed E-state index contributed by atoms with van der Waals surface area (Å²) in [6, 6.07) is 14.2. The van der Waals surface area contributed by atoms with Gasteiger partial charge in [-0.15, -0.1) is 0 Å². The Hall–Kier alpha value is -2.09. The molecule has 1 aliphatic rings. The lowest BCUT2D eigenvalue weighted by atomic mass is 9.99. The van der Waals surface area contributed by atoms with Gasteiger partial charge in [-0.05, 0) is 16.3 Å². The molecule has 0 radical (unpaired) electrons. The van der Waals surface area contributed by atoms with Crippen LogP contribution in [0.3, 0.4) is 0 Å². The van der Waals surface area contributed by atoms with Gasteiger partial charge >= 0.3 is 5.97 Å². The minimum atomic E-state index is -0.247. The van der Waals surface area contributed by atoms with Gasteiger partial charge in [-0.2, -0.15) is 0 Å². The van der Waals surface area contributed by atoms with Crippen molar-refractivity contribution in [3.05, 3.63) is 54.1 Å². The maximum Gasteiger partial charge on any atom is 0.331 e. The quantitative estimate of drug-likeness (QED) is 0.676. The second-order valence-corrected chi connectivity index (χ2v) is 3.80. The Morgan fingerprint density at radius 3 is 2.62 bits per heavy atom. The second kappa shape index (κ2) is 3.49. The lowest BCUT2D eigenvalue weighted by Gasteiger charge is -2.05. The Morgan fingerprint density at radius 2 is 1.81 bits per heavy atom. The van der Waals surface area contributed by atoms with Gasteiger partial charge in [-0.3, -0.25) is 0 Å². The van der Waals surface area contributed by atoms with E-state index in [4.69, 9.17) is 4.74 Å². The number of carbonyl (C=O) groups is 1. The number of hydrogen-bond acceptors (Lipinski definition) is 2. The zero-order valence-electron chi connectivity index (χ0n) is 8.64. The molecule has 3 rings (SSSR count). The Balaban J connectivity index is 2.24. The summed E-state index contributed by atoms with van der Waals surface area (Å²) < 4.78 is 4.94. The molecule has 0 bridgehead atoms. The molecule has 2 aromatic carbocycles. The van der Waals surface area contributed by atoms with Crippen LogP contribution in [0.15, 0.2) is 48.5 Å². The van der Waals surface area contributed by atoms with Gasteiger partial charge in [0, 0.05) is 11.6 Å². The first-order valence-corrected chi connectivity index (χ1v) is 5.20. The van der Waals surface area contributed by atoms with E-state index in [0.717, 1.165) is 16.5 Å². The number of ether oxygens (including phenoxy) is 1. The topological polar surface area (TPSA) is 26.3 Å². The smallest absolute Gasteiger partial charge is 0.331 e. The summed E-state index contributed by atoms with van der Waals surface area (Å²) in [4.78, 5) is 11.1. The van der Waals surface area contributed by atoms with E-state index in [9.17, 15) is 4.79 Å². The molecule has 1 heterocycles. The molecule has 0 N–H and O–H groups in total. The average molecular weight is 210 g/mol. The summed E-state index contributed by atoms with van der Waals surface area (Å²) in [5, 5.41) is 2.34. The lowest BCUT2D eigenvalue weighted by Crippen LogP contribution is -1.92. The van der Waals surface area contributed by atoms with E-state index in [1.165, 1.54) is 5.39 Å². The van der Waals surface area contributed by atoms with E-state index < -0.39 is 0 Å². The molecule has 0 saturated heterocycles. The number of carbonyl (C=O) groups excluding carboxylic acids is 1. The van der Waals surface area contributed by atoms with Crippen LogP contribution in [0.2, 0.25) is 0 Å². The molecule has 2 nitrogen and oxygen atoms in total. The molecule has 0 saturated carbocycles. The summed E-state index contributed by atoms with van der Waals surface area (Å²) in [7, 11) is 0. The van der Waals surface area contributed by atoms with Gasteiger partial charge in [-0.25, -0.2) is 4.79 Å². The normalized spacial score (nSPS) is 15.0. The number of fused-ring (bicyclic) bond motifs is 1. The molecular formula is C14H10O2. The van der Waals surface area contributed by atoms with Crippen LogP contribution in [-0.2, 0) is 9.53 Å². The number of hydrogen-bond donors (Lipinski definition) is 0. The predicted octanol–water partition coefficient (Wildman–Crippen LogP) is 2.78. The van der Waals surface area contributed by atoms with Crippen LogP contribution in [0, 0.1) is 0 Å². The van der Waals surface area contributed by atoms with Gasteiger partial charge < -0.3 is 4.74 Å². The molecule has 78 valence electrons. The lowest BCUT2D eigenvalue weighted by molar-refractivity contribution is -0.134. The molecule has 0 spiro atoms. The standard InChI is InChI=1S/C14H10O2/c15-14-8-11(9-16-14)13-7-3-5-10-4-1-2-6-12(10)13/h1-8H,9H2. The van der Waals surface area contributed by atoms with E-state index in [-0.39, 0.29) is 5.97 Å². The van der Waals surface area contributed by atoms with Crippen LogP contribution < -0.4 is 0 Å². The minimum Gasteiger partial charge on any atom is -0.458 e. The molecule has 0 aromatic heterocycles. The van der Waals surface area contributed by atoms with Crippen molar-refractivity contribution in [2.75, 3.05) is 6.61 Å². The molecule has 0 unspecified atom stereocenters. The Labute approximate surface area is 93.2 Å². The minimum absolute atomic E-state index is 0.247. The van der Waals surface area contributed by atoms with Gasteiger partial charge in [0.1, 0.15) is 6.61 Å². The molecule has 0 atom stereocenters.